The minimum Gasteiger partial charge on any atom is -0.395 e. The number of carbonyl (C=O) groups excluding carboxylic acids is 3. The van der Waals surface area contributed by atoms with Crippen LogP contribution >= 0.6 is 0 Å². The smallest absolute Gasteiger partial charge is 0.248 e. The van der Waals surface area contributed by atoms with E-state index in [1.54, 1.807) is 29.0 Å². The van der Waals surface area contributed by atoms with E-state index in [2.05, 4.69) is 18.1 Å². The van der Waals surface area contributed by atoms with Gasteiger partial charge >= 0.3 is 0 Å². The third-order valence-electron chi connectivity index (χ3n) is 7.89. The Balaban J connectivity index is 1.60. The fraction of sp³-hybridized carbons (Fsp3) is 0.720. The standard InChI is InChI=1S/C25H38N4O6/c1-4-8-26(3)22(31)19-18-6-7-25(35-18)20(19)23(32)29(12-15-30)21(25)24(33)28(9-5-2)11-10-27-13-16-34-17-14-27/h4-5,18-21,30H,1-2,6-17H2,3H3/t18-,19+,20+,21?,25?/m1/s1. The van der Waals surface area contributed by atoms with Crippen molar-refractivity contribution in [2.24, 2.45) is 11.8 Å². The lowest BCUT2D eigenvalue weighted by Crippen LogP contribution is -2.57. The number of ether oxygens (including phenoxy) is 2. The Labute approximate surface area is 207 Å². The SMILES string of the molecule is C=CCN(C)C(=O)[C@@H]1[C@H]2C(=O)N(CCO)C(C(=O)N(CC=C)CCN3CCOCC3)C23CC[C@H]1O3. The van der Waals surface area contributed by atoms with Crippen molar-refractivity contribution in [3.05, 3.63) is 25.3 Å². The van der Waals surface area contributed by atoms with E-state index in [4.69, 9.17) is 9.47 Å². The van der Waals surface area contributed by atoms with Gasteiger partial charge in [0.15, 0.2) is 0 Å². The summed E-state index contributed by atoms with van der Waals surface area (Å²) in [5.41, 5.74) is -1.05. The number of carbonyl (C=O) groups is 3. The number of aliphatic hydroxyl groups is 1. The Morgan fingerprint density at radius 3 is 2.54 bits per heavy atom. The number of hydrogen-bond acceptors (Lipinski definition) is 7. The summed E-state index contributed by atoms with van der Waals surface area (Å²) in [5, 5.41) is 9.74. The van der Waals surface area contributed by atoms with Gasteiger partial charge in [-0.05, 0) is 12.8 Å². The van der Waals surface area contributed by atoms with Crippen LogP contribution in [-0.2, 0) is 23.9 Å². The van der Waals surface area contributed by atoms with Gasteiger partial charge in [0, 0.05) is 52.9 Å². The number of likely N-dealkylation sites (tertiary alicyclic amines) is 1. The van der Waals surface area contributed by atoms with Crippen LogP contribution in [0.15, 0.2) is 25.3 Å². The zero-order chi connectivity index (χ0) is 25.2. The van der Waals surface area contributed by atoms with Crippen LogP contribution in [0.5, 0.6) is 0 Å². The molecular weight excluding hydrogens is 452 g/mol. The van der Waals surface area contributed by atoms with Crippen LogP contribution in [0, 0.1) is 11.8 Å². The Bertz CT molecular complexity index is 846. The second-order valence-corrected chi connectivity index (χ2v) is 9.85. The van der Waals surface area contributed by atoms with Crippen molar-refractivity contribution < 1.29 is 29.0 Å². The fourth-order valence-electron chi connectivity index (χ4n) is 6.31. The molecule has 0 aromatic heterocycles. The van der Waals surface area contributed by atoms with Crippen LogP contribution in [0.25, 0.3) is 0 Å². The predicted octanol–water partition coefficient (Wildman–Crippen LogP) is -0.655. The average molecular weight is 491 g/mol. The summed E-state index contributed by atoms with van der Waals surface area (Å²) < 4.78 is 11.8. The number of nitrogens with zero attached hydrogens (tertiary/aromatic N) is 4. The van der Waals surface area contributed by atoms with E-state index in [0.29, 0.717) is 52.2 Å². The zero-order valence-electron chi connectivity index (χ0n) is 20.6. The van der Waals surface area contributed by atoms with Gasteiger partial charge in [0.05, 0.1) is 37.8 Å². The van der Waals surface area contributed by atoms with E-state index in [0.717, 1.165) is 13.1 Å². The van der Waals surface area contributed by atoms with Gasteiger partial charge in [-0.2, -0.15) is 0 Å². The lowest BCUT2D eigenvalue weighted by Gasteiger charge is -2.37. The van der Waals surface area contributed by atoms with Gasteiger partial charge in [0.1, 0.15) is 11.6 Å². The second-order valence-electron chi connectivity index (χ2n) is 9.85. The molecule has 4 heterocycles. The van der Waals surface area contributed by atoms with Crippen molar-refractivity contribution >= 4 is 17.7 Å². The van der Waals surface area contributed by atoms with E-state index in [1.807, 2.05) is 0 Å². The van der Waals surface area contributed by atoms with Crippen LogP contribution in [-0.4, -0.2) is 133 Å². The van der Waals surface area contributed by atoms with Gasteiger partial charge in [-0.3, -0.25) is 19.3 Å². The molecule has 5 atom stereocenters. The Morgan fingerprint density at radius 1 is 1.17 bits per heavy atom. The van der Waals surface area contributed by atoms with Gasteiger partial charge in [-0.15, -0.1) is 13.2 Å². The highest BCUT2D eigenvalue weighted by Crippen LogP contribution is 2.58. The summed E-state index contributed by atoms with van der Waals surface area (Å²) in [6.07, 6.45) is 4.09. The number of likely N-dealkylation sites (N-methyl/N-ethyl adjacent to an activating group) is 1. The first-order chi connectivity index (χ1) is 16.9. The number of β-amino-alcohol motifs (C(OH)–C–C–N with tert-alkyl or cyclic N) is 1. The van der Waals surface area contributed by atoms with E-state index >= 15 is 0 Å². The van der Waals surface area contributed by atoms with E-state index in [9.17, 15) is 19.5 Å². The lowest BCUT2D eigenvalue weighted by molar-refractivity contribution is -0.149. The number of hydrogen-bond donors (Lipinski definition) is 1. The number of aliphatic hydroxyl groups excluding tert-OH is 1. The van der Waals surface area contributed by atoms with Crippen molar-refractivity contribution in [3.63, 3.8) is 0 Å². The molecule has 194 valence electrons. The van der Waals surface area contributed by atoms with Gasteiger partial charge in [-0.25, -0.2) is 0 Å². The third kappa shape index (κ3) is 4.52. The molecule has 0 aliphatic carbocycles. The summed E-state index contributed by atoms with van der Waals surface area (Å²) in [7, 11) is 1.69. The largest absolute Gasteiger partial charge is 0.395 e. The van der Waals surface area contributed by atoms with Gasteiger partial charge in [0.25, 0.3) is 0 Å². The highest BCUT2D eigenvalue weighted by Gasteiger charge is 2.74. The van der Waals surface area contributed by atoms with Crippen LogP contribution in [0.2, 0.25) is 0 Å². The lowest BCUT2D eigenvalue weighted by atomic mass is 9.70. The summed E-state index contributed by atoms with van der Waals surface area (Å²) in [6, 6.07) is -0.871. The fourth-order valence-corrected chi connectivity index (χ4v) is 6.31. The molecule has 0 saturated carbocycles. The molecular formula is C25H38N4O6. The Kier molecular flexibility index (Phi) is 7.95. The molecule has 1 spiro atoms. The quantitative estimate of drug-likeness (QED) is 0.384. The van der Waals surface area contributed by atoms with E-state index in [-0.39, 0.29) is 30.9 Å². The van der Waals surface area contributed by atoms with Gasteiger partial charge in [0.2, 0.25) is 17.7 Å². The number of rotatable bonds is 11. The first kappa shape index (κ1) is 25.8. The Morgan fingerprint density at radius 2 is 1.89 bits per heavy atom. The van der Waals surface area contributed by atoms with Gasteiger partial charge in [-0.1, -0.05) is 12.2 Å². The molecule has 0 aromatic carbocycles. The molecule has 2 bridgehead atoms. The predicted molar refractivity (Wildman–Crippen MR) is 128 cm³/mol. The maximum absolute atomic E-state index is 14.0. The summed E-state index contributed by atoms with van der Waals surface area (Å²) in [4.78, 5) is 48.0. The van der Waals surface area contributed by atoms with Gasteiger partial charge < -0.3 is 29.3 Å². The molecule has 3 amide bonds. The monoisotopic (exact) mass is 490 g/mol. The molecule has 0 aromatic rings. The molecule has 10 heteroatoms. The summed E-state index contributed by atoms with van der Waals surface area (Å²) >= 11 is 0. The first-order valence-electron chi connectivity index (χ1n) is 12.5. The van der Waals surface area contributed by atoms with Crippen molar-refractivity contribution in [2.45, 2.75) is 30.6 Å². The molecule has 35 heavy (non-hydrogen) atoms. The normalized spacial score (nSPS) is 31.9. The molecule has 4 rings (SSSR count). The van der Waals surface area contributed by atoms with Crippen molar-refractivity contribution in [1.29, 1.82) is 0 Å². The minimum atomic E-state index is -1.05. The van der Waals surface area contributed by atoms with E-state index < -0.39 is 29.6 Å². The van der Waals surface area contributed by atoms with Crippen molar-refractivity contribution in [1.82, 2.24) is 19.6 Å². The number of morpholine rings is 1. The zero-order valence-corrected chi connectivity index (χ0v) is 20.6. The summed E-state index contributed by atoms with van der Waals surface area (Å²) in [6.45, 7) is 12.1. The van der Waals surface area contributed by atoms with Crippen LogP contribution < -0.4 is 0 Å². The molecule has 10 nitrogen and oxygen atoms in total. The highest BCUT2D eigenvalue weighted by molar-refractivity contribution is 5.99. The number of fused-ring (bicyclic) bond motifs is 1. The highest BCUT2D eigenvalue weighted by atomic mass is 16.5. The average Bonchev–Trinajstić information content (AvgIpc) is 3.50. The number of amides is 3. The molecule has 4 fully saturated rings. The topological polar surface area (TPSA) is 103 Å². The van der Waals surface area contributed by atoms with Crippen molar-refractivity contribution in [3.8, 4) is 0 Å². The van der Waals surface area contributed by atoms with Crippen molar-refractivity contribution in [2.75, 3.05) is 72.7 Å². The maximum Gasteiger partial charge on any atom is 0.248 e. The molecule has 4 aliphatic rings. The minimum absolute atomic E-state index is 0.0241. The summed E-state index contributed by atoms with van der Waals surface area (Å²) in [5.74, 6) is -2.03. The third-order valence-corrected chi connectivity index (χ3v) is 7.89. The first-order valence-corrected chi connectivity index (χ1v) is 12.5. The molecule has 1 N–H and O–H groups in total. The van der Waals surface area contributed by atoms with Crippen LogP contribution in [0.1, 0.15) is 12.8 Å². The molecule has 2 unspecified atom stereocenters. The molecule has 0 radical (unpaired) electrons. The Hall–Kier alpha value is -2.27. The maximum atomic E-state index is 14.0. The molecule has 4 saturated heterocycles. The van der Waals surface area contributed by atoms with Crippen LogP contribution in [0.4, 0.5) is 0 Å². The molecule has 4 aliphatic heterocycles. The second kappa shape index (κ2) is 10.8. The van der Waals surface area contributed by atoms with E-state index in [1.165, 1.54) is 4.90 Å². The van der Waals surface area contributed by atoms with Crippen LogP contribution in [0.3, 0.4) is 0 Å².